The van der Waals surface area contributed by atoms with Gasteiger partial charge in [-0.15, -0.1) is 5.10 Å². The molecule has 2 heterocycles. The van der Waals surface area contributed by atoms with Crippen LogP contribution in [0.5, 0.6) is 0 Å². The van der Waals surface area contributed by atoms with Crippen molar-refractivity contribution < 1.29 is 27.8 Å². The van der Waals surface area contributed by atoms with Crippen molar-refractivity contribution in [1.29, 1.82) is 0 Å². The van der Waals surface area contributed by atoms with Gasteiger partial charge in [-0.1, -0.05) is 5.21 Å². The van der Waals surface area contributed by atoms with Crippen molar-refractivity contribution in [3.05, 3.63) is 53.6 Å². The predicted molar refractivity (Wildman–Crippen MR) is 128 cm³/mol. The predicted octanol–water partition coefficient (Wildman–Crippen LogP) is 4.85. The van der Waals surface area contributed by atoms with Crippen LogP contribution in [0.3, 0.4) is 0 Å². The third kappa shape index (κ3) is 6.43. The minimum absolute atomic E-state index is 0.193. The molecule has 12 heteroatoms. The molecule has 1 aromatic carbocycles. The molecule has 0 atom stereocenters. The SMILES string of the molecule is Cc1cc(Nc2nccc(C(F)(F)F)n2)cc(-n2cc(C3(O)CCC(C(=O)OC(C)(C)C)CC3)nn2)c1. The summed E-state index contributed by atoms with van der Waals surface area (Å²) < 4.78 is 45.9. The highest BCUT2D eigenvalue weighted by molar-refractivity contribution is 5.73. The number of anilines is 2. The molecule has 0 radical (unpaired) electrons. The lowest BCUT2D eigenvalue weighted by atomic mass is 9.77. The number of aryl methyl sites for hydroxylation is 1. The first-order valence-corrected chi connectivity index (χ1v) is 11.9. The lowest BCUT2D eigenvalue weighted by Crippen LogP contribution is -2.36. The minimum atomic E-state index is -4.58. The highest BCUT2D eigenvalue weighted by atomic mass is 19.4. The van der Waals surface area contributed by atoms with Gasteiger partial charge < -0.3 is 15.2 Å². The number of nitrogens with zero attached hydrogens (tertiary/aromatic N) is 5. The molecule has 0 saturated heterocycles. The van der Waals surface area contributed by atoms with Crippen LogP contribution in [-0.2, 0) is 21.3 Å². The highest BCUT2D eigenvalue weighted by Crippen LogP contribution is 2.39. The third-order valence-corrected chi connectivity index (χ3v) is 6.05. The van der Waals surface area contributed by atoms with Crippen molar-refractivity contribution >= 4 is 17.6 Å². The second-order valence-corrected chi connectivity index (χ2v) is 10.3. The fourth-order valence-corrected chi connectivity index (χ4v) is 4.25. The fraction of sp³-hybridized carbons (Fsp3) is 0.480. The molecule has 0 unspecified atom stereocenters. The van der Waals surface area contributed by atoms with Gasteiger partial charge in [0.15, 0.2) is 0 Å². The van der Waals surface area contributed by atoms with Crippen molar-refractivity contribution in [2.45, 2.75) is 70.8 Å². The fourth-order valence-electron chi connectivity index (χ4n) is 4.25. The largest absolute Gasteiger partial charge is 0.460 e. The molecule has 9 nitrogen and oxygen atoms in total. The number of esters is 1. The van der Waals surface area contributed by atoms with E-state index in [1.54, 1.807) is 18.3 Å². The average Bonchev–Trinajstić information content (AvgIpc) is 3.29. The Morgan fingerprint density at radius 1 is 1.19 bits per heavy atom. The molecule has 0 bridgehead atoms. The number of carbonyl (C=O) groups is 1. The number of hydrogen-bond donors (Lipinski definition) is 2. The van der Waals surface area contributed by atoms with Crippen LogP contribution in [0.2, 0.25) is 0 Å². The van der Waals surface area contributed by atoms with E-state index in [1.165, 1.54) is 4.68 Å². The second kappa shape index (κ2) is 9.73. The molecule has 0 spiro atoms. The first-order chi connectivity index (χ1) is 17.2. The van der Waals surface area contributed by atoms with E-state index < -0.39 is 23.1 Å². The number of halogens is 3. The Bertz CT molecular complexity index is 1280. The van der Waals surface area contributed by atoms with Crippen molar-refractivity contribution in [1.82, 2.24) is 25.0 Å². The van der Waals surface area contributed by atoms with Crippen LogP contribution < -0.4 is 5.32 Å². The molecule has 0 aliphatic heterocycles. The lowest BCUT2D eigenvalue weighted by Gasteiger charge is -2.34. The summed E-state index contributed by atoms with van der Waals surface area (Å²) in [6.45, 7) is 7.29. The van der Waals surface area contributed by atoms with Crippen LogP contribution in [-0.4, -0.2) is 41.6 Å². The molecular weight excluding hydrogens is 489 g/mol. The monoisotopic (exact) mass is 518 g/mol. The van der Waals surface area contributed by atoms with Crippen molar-refractivity contribution in [2.24, 2.45) is 5.92 Å². The van der Waals surface area contributed by atoms with Gasteiger partial charge in [0, 0.05) is 11.9 Å². The number of carbonyl (C=O) groups excluding carboxylic acids is 1. The molecule has 37 heavy (non-hydrogen) atoms. The Kier molecular flexibility index (Phi) is 6.97. The average molecular weight is 519 g/mol. The maximum Gasteiger partial charge on any atom is 0.433 e. The molecule has 3 aromatic rings. The second-order valence-electron chi connectivity index (χ2n) is 10.3. The number of alkyl halides is 3. The molecule has 0 amide bonds. The molecule has 2 N–H and O–H groups in total. The zero-order chi connectivity index (χ0) is 27.0. The van der Waals surface area contributed by atoms with Gasteiger partial charge in [-0.3, -0.25) is 4.79 Å². The van der Waals surface area contributed by atoms with Crippen molar-refractivity contribution in [3.8, 4) is 5.69 Å². The van der Waals surface area contributed by atoms with Gasteiger partial charge in [-0.2, -0.15) is 13.2 Å². The Morgan fingerprint density at radius 3 is 2.54 bits per heavy atom. The van der Waals surface area contributed by atoms with Crippen LogP contribution in [0.15, 0.2) is 36.7 Å². The van der Waals surface area contributed by atoms with Crippen molar-refractivity contribution in [2.75, 3.05) is 5.32 Å². The number of hydrogen-bond acceptors (Lipinski definition) is 8. The quantitative estimate of drug-likeness (QED) is 0.461. The minimum Gasteiger partial charge on any atom is -0.460 e. The molecule has 1 aliphatic rings. The van der Waals surface area contributed by atoms with Gasteiger partial charge in [0.25, 0.3) is 0 Å². The van der Waals surface area contributed by atoms with Crippen LogP contribution in [0, 0.1) is 12.8 Å². The van der Waals surface area contributed by atoms with Gasteiger partial charge in [-0.25, -0.2) is 14.6 Å². The lowest BCUT2D eigenvalue weighted by molar-refractivity contribution is -0.163. The van der Waals surface area contributed by atoms with Crippen LogP contribution >= 0.6 is 0 Å². The molecule has 1 saturated carbocycles. The Hall–Kier alpha value is -3.54. The van der Waals surface area contributed by atoms with Gasteiger partial charge in [-0.05, 0) is 83.2 Å². The maximum absolute atomic E-state index is 13.0. The van der Waals surface area contributed by atoms with Crippen LogP contribution in [0.25, 0.3) is 5.69 Å². The number of nitrogens with one attached hydrogen (secondary N) is 1. The number of aromatic nitrogens is 5. The smallest absolute Gasteiger partial charge is 0.433 e. The van der Waals surface area contributed by atoms with E-state index in [2.05, 4.69) is 25.6 Å². The first-order valence-electron chi connectivity index (χ1n) is 11.9. The zero-order valence-corrected chi connectivity index (χ0v) is 21.0. The van der Waals surface area contributed by atoms with Crippen LogP contribution in [0.1, 0.15) is 63.4 Å². The molecule has 1 aliphatic carbocycles. The summed E-state index contributed by atoms with van der Waals surface area (Å²) in [4.78, 5) is 19.8. The number of aliphatic hydroxyl groups is 1. The number of benzene rings is 1. The van der Waals surface area contributed by atoms with Crippen LogP contribution in [0.4, 0.5) is 24.8 Å². The highest BCUT2D eigenvalue weighted by Gasteiger charge is 2.40. The van der Waals surface area contributed by atoms with Gasteiger partial charge in [0.05, 0.1) is 17.8 Å². The van der Waals surface area contributed by atoms with E-state index in [0.29, 0.717) is 42.8 Å². The first kappa shape index (κ1) is 26.5. The molecule has 1 fully saturated rings. The van der Waals surface area contributed by atoms with Gasteiger partial charge >= 0.3 is 12.1 Å². The summed E-state index contributed by atoms with van der Waals surface area (Å²) in [7, 11) is 0. The van der Waals surface area contributed by atoms with E-state index in [1.807, 2.05) is 33.8 Å². The van der Waals surface area contributed by atoms with Crippen molar-refractivity contribution in [3.63, 3.8) is 0 Å². The summed E-state index contributed by atoms with van der Waals surface area (Å²) in [5.41, 5.74) is -0.612. The normalized spacial score (nSPS) is 20.5. The van der Waals surface area contributed by atoms with E-state index >= 15 is 0 Å². The van der Waals surface area contributed by atoms with E-state index in [9.17, 15) is 23.1 Å². The number of ether oxygens (including phenoxy) is 1. The van der Waals surface area contributed by atoms with E-state index in [0.717, 1.165) is 17.8 Å². The summed E-state index contributed by atoms with van der Waals surface area (Å²) in [5.74, 6) is -0.734. The Labute approximate surface area is 212 Å². The molecule has 4 rings (SSSR count). The Balaban J connectivity index is 1.49. The van der Waals surface area contributed by atoms with Gasteiger partial charge in [0.2, 0.25) is 5.95 Å². The van der Waals surface area contributed by atoms with E-state index in [4.69, 9.17) is 4.74 Å². The summed E-state index contributed by atoms with van der Waals surface area (Å²) in [5, 5.41) is 22.4. The van der Waals surface area contributed by atoms with E-state index in [-0.39, 0.29) is 17.8 Å². The molecular formula is C25H29F3N6O3. The maximum atomic E-state index is 13.0. The standard InChI is InChI=1S/C25H29F3N6O3/c1-15-11-17(30-22-29-10-7-19(31-22)25(26,27)28)13-18(12-15)34-14-20(32-33-34)24(36)8-5-16(6-9-24)21(35)37-23(2,3)4/h7,10-14,16,36H,5-6,8-9H2,1-4H3,(H,29,30,31). The summed E-state index contributed by atoms with van der Waals surface area (Å²) >= 11 is 0. The Morgan fingerprint density at radius 2 is 1.89 bits per heavy atom. The molecule has 198 valence electrons. The number of rotatable bonds is 5. The van der Waals surface area contributed by atoms with Gasteiger partial charge in [0.1, 0.15) is 22.6 Å². The summed E-state index contributed by atoms with van der Waals surface area (Å²) in [6.07, 6.45) is -0.321. The topological polar surface area (TPSA) is 115 Å². The summed E-state index contributed by atoms with van der Waals surface area (Å²) in [6, 6.07) is 6.02. The molecule has 2 aromatic heterocycles. The third-order valence-electron chi connectivity index (χ3n) is 6.05. The zero-order valence-electron chi connectivity index (χ0n) is 21.0.